The van der Waals surface area contributed by atoms with Gasteiger partial charge >= 0.3 is 5.97 Å². The van der Waals surface area contributed by atoms with Gasteiger partial charge in [0.2, 0.25) is 5.91 Å². The number of rotatable bonds is 6. The number of aliphatic carboxylic acids is 1. The quantitative estimate of drug-likeness (QED) is 0.784. The summed E-state index contributed by atoms with van der Waals surface area (Å²) < 4.78 is 0. The van der Waals surface area contributed by atoms with Crippen molar-refractivity contribution in [2.24, 2.45) is 5.92 Å². The van der Waals surface area contributed by atoms with Crippen molar-refractivity contribution in [1.29, 1.82) is 5.26 Å². The Labute approximate surface area is 123 Å². The molecule has 21 heavy (non-hydrogen) atoms. The minimum atomic E-state index is -1.04. The Morgan fingerprint density at radius 3 is 2.76 bits per heavy atom. The van der Waals surface area contributed by atoms with Gasteiger partial charge in [-0.1, -0.05) is 32.4 Å². The third kappa shape index (κ3) is 5.11. The second-order valence-electron chi connectivity index (χ2n) is 4.78. The molecule has 5 nitrogen and oxygen atoms in total. The minimum Gasteiger partial charge on any atom is -0.480 e. The number of nitrogens with zero attached hydrogens (tertiary/aromatic N) is 1. The van der Waals surface area contributed by atoms with E-state index in [1.165, 1.54) is 6.08 Å². The summed E-state index contributed by atoms with van der Waals surface area (Å²) >= 11 is 0. The maximum atomic E-state index is 11.8. The SMILES string of the molecule is CCC(C)[C@H](NC(=O)C=Cc1cccc(C#N)c1)C(=O)O. The molecule has 1 aromatic carbocycles. The van der Waals surface area contributed by atoms with Crippen molar-refractivity contribution in [3.05, 3.63) is 41.5 Å². The standard InChI is InChI=1S/C16H18N2O3/c1-3-11(2)15(16(20)21)18-14(19)8-7-12-5-4-6-13(9-12)10-17/h4-9,11,15H,3H2,1-2H3,(H,18,19)(H,20,21)/t11?,15-/m0/s1. The van der Waals surface area contributed by atoms with E-state index in [1.807, 2.05) is 13.0 Å². The molecule has 1 rings (SSSR count). The lowest BCUT2D eigenvalue weighted by molar-refractivity contribution is -0.142. The Morgan fingerprint density at radius 1 is 1.48 bits per heavy atom. The first-order valence-electron chi connectivity index (χ1n) is 6.69. The Hall–Kier alpha value is -2.61. The zero-order valence-corrected chi connectivity index (χ0v) is 12.0. The highest BCUT2D eigenvalue weighted by molar-refractivity contribution is 5.94. The van der Waals surface area contributed by atoms with Crippen LogP contribution in [0.2, 0.25) is 0 Å². The average molecular weight is 286 g/mol. The Kier molecular flexibility index (Phi) is 6.15. The molecule has 2 atom stereocenters. The monoisotopic (exact) mass is 286 g/mol. The summed E-state index contributed by atoms with van der Waals surface area (Å²) in [5.41, 5.74) is 1.21. The van der Waals surface area contributed by atoms with E-state index in [2.05, 4.69) is 5.32 Å². The van der Waals surface area contributed by atoms with Gasteiger partial charge in [-0.05, 0) is 29.7 Å². The van der Waals surface area contributed by atoms with Gasteiger partial charge in [-0.25, -0.2) is 4.79 Å². The van der Waals surface area contributed by atoms with E-state index in [1.54, 1.807) is 37.3 Å². The molecule has 5 heteroatoms. The molecule has 0 aliphatic heterocycles. The van der Waals surface area contributed by atoms with Gasteiger partial charge in [0.15, 0.2) is 0 Å². The fourth-order valence-electron chi connectivity index (χ4n) is 1.77. The third-order valence-electron chi connectivity index (χ3n) is 3.22. The molecule has 1 amide bonds. The molecule has 2 N–H and O–H groups in total. The van der Waals surface area contributed by atoms with Crippen LogP contribution >= 0.6 is 0 Å². The van der Waals surface area contributed by atoms with Crippen LogP contribution < -0.4 is 5.32 Å². The fraction of sp³-hybridized carbons (Fsp3) is 0.312. The smallest absolute Gasteiger partial charge is 0.326 e. The van der Waals surface area contributed by atoms with Gasteiger partial charge in [0, 0.05) is 6.08 Å². The highest BCUT2D eigenvalue weighted by atomic mass is 16.4. The highest BCUT2D eigenvalue weighted by Crippen LogP contribution is 2.09. The Morgan fingerprint density at radius 2 is 2.19 bits per heavy atom. The number of amides is 1. The third-order valence-corrected chi connectivity index (χ3v) is 3.22. The maximum absolute atomic E-state index is 11.8. The van der Waals surface area contributed by atoms with Gasteiger partial charge in [0.05, 0.1) is 11.6 Å². The lowest BCUT2D eigenvalue weighted by Crippen LogP contribution is -2.44. The minimum absolute atomic E-state index is 0.151. The summed E-state index contributed by atoms with van der Waals surface area (Å²) in [5, 5.41) is 20.4. The highest BCUT2D eigenvalue weighted by Gasteiger charge is 2.24. The van der Waals surface area contributed by atoms with Crippen LogP contribution in [-0.4, -0.2) is 23.0 Å². The van der Waals surface area contributed by atoms with Crippen LogP contribution in [0.25, 0.3) is 6.08 Å². The number of hydrogen-bond acceptors (Lipinski definition) is 3. The van der Waals surface area contributed by atoms with Gasteiger partial charge < -0.3 is 10.4 Å². The molecule has 0 spiro atoms. The fourth-order valence-corrected chi connectivity index (χ4v) is 1.77. The molecule has 0 saturated heterocycles. The summed E-state index contributed by atoms with van der Waals surface area (Å²) in [6, 6.07) is 7.90. The number of benzene rings is 1. The van der Waals surface area contributed by atoms with Crippen molar-refractivity contribution in [1.82, 2.24) is 5.32 Å². The number of carboxylic acids is 1. The van der Waals surface area contributed by atoms with Crippen LogP contribution in [0.3, 0.4) is 0 Å². The van der Waals surface area contributed by atoms with Gasteiger partial charge in [-0.3, -0.25) is 4.79 Å². The van der Waals surface area contributed by atoms with Gasteiger partial charge in [0.1, 0.15) is 6.04 Å². The number of carboxylic acid groups (broad SMARTS) is 1. The number of nitrogens with one attached hydrogen (secondary N) is 1. The zero-order valence-electron chi connectivity index (χ0n) is 12.0. The first-order chi connectivity index (χ1) is 9.97. The van der Waals surface area contributed by atoms with Crippen molar-refractivity contribution >= 4 is 18.0 Å². The molecule has 0 aliphatic rings. The lowest BCUT2D eigenvalue weighted by Gasteiger charge is -2.19. The summed E-state index contributed by atoms with van der Waals surface area (Å²) in [4.78, 5) is 22.9. The topological polar surface area (TPSA) is 90.2 Å². The van der Waals surface area contributed by atoms with E-state index < -0.39 is 17.9 Å². The molecule has 0 radical (unpaired) electrons. The molecule has 1 aromatic rings. The van der Waals surface area contributed by atoms with Gasteiger partial charge in [-0.15, -0.1) is 0 Å². The van der Waals surface area contributed by atoms with E-state index in [-0.39, 0.29) is 5.92 Å². The molecule has 110 valence electrons. The second kappa shape index (κ2) is 7.85. The molecule has 0 aromatic heterocycles. The van der Waals surface area contributed by atoms with Gasteiger partial charge in [-0.2, -0.15) is 5.26 Å². The predicted molar refractivity (Wildman–Crippen MR) is 79.2 cm³/mol. The molecular weight excluding hydrogens is 268 g/mol. The molecule has 0 bridgehead atoms. The van der Waals surface area contributed by atoms with E-state index in [0.717, 1.165) is 0 Å². The summed E-state index contributed by atoms with van der Waals surface area (Å²) in [7, 11) is 0. The van der Waals surface area contributed by atoms with Crippen molar-refractivity contribution < 1.29 is 14.7 Å². The largest absolute Gasteiger partial charge is 0.480 e. The summed E-state index contributed by atoms with van der Waals surface area (Å²) in [5.74, 6) is -1.66. The van der Waals surface area contributed by atoms with E-state index in [0.29, 0.717) is 17.5 Å². The number of nitriles is 1. The van der Waals surface area contributed by atoms with Crippen molar-refractivity contribution in [2.75, 3.05) is 0 Å². The lowest BCUT2D eigenvalue weighted by atomic mass is 9.99. The van der Waals surface area contributed by atoms with Crippen LogP contribution in [0.1, 0.15) is 31.4 Å². The van der Waals surface area contributed by atoms with Crippen LogP contribution in [0, 0.1) is 17.2 Å². The summed E-state index contributed by atoms with van der Waals surface area (Å²) in [6.45, 7) is 3.65. The number of carbonyl (C=O) groups excluding carboxylic acids is 1. The van der Waals surface area contributed by atoms with Crippen LogP contribution in [0.5, 0.6) is 0 Å². The van der Waals surface area contributed by atoms with Gasteiger partial charge in [0.25, 0.3) is 0 Å². The van der Waals surface area contributed by atoms with Crippen molar-refractivity contribution in [3.8, 4) is 6.07 Å². The molecule has 0 fully saturated rings. The number of carbonyl (C=O) groups is 2. The number of hydrogen-bond donors (Lipinski definition) is 2. The molecule has 0 saturated carbocycles. The Balaban J connectivity index is 2.73. The van der Waals surface area contributed by atoms with E-state index in [4.69, 9.17) is 10.4 Å². The maximum Gasteiger partial charge on any atom is 0.326 e. The first kappa shape index (κ1) is 16.4. The molecule has 0 heterocycles. The second-order valence-corrected chi connectivity index (χ2v) is 4.78. The normalized spacial score (nSPS) is 13.4. The van der Waals surface area contributed by atoms with Crippen molar-refractivity contribution in [2.45, 2.75) is 26.3 Å². The van der Waals surface area contributed by atoms with Crippen LogP contribution in [0.15, 0.2) is 30.3 Å². The van der Waals surface area contributed by atoms with Crippen LogP contribution in [-0.2, 0) is 9.59 Å². The molecule has 0 aliphatic carbocycles. The average Bonchev–Trinajstić information content (AvgIpc) is 2.49. The Bertz CT molecular complexity index is 587. The van der Waals surface area contributed by atoms with E-state index >= 15 is 0 Å². The zero-order chi connectivity index (χ0) is 15.8. The predicted octanol–water partition coefficient (Wildman–Crippen LogP) is 2.19. The molecule has 1 unspecified atom stereocenters. The summed E-state index contributed by atoms with van der Waals surface area (Å²) in [6.07, 6.45) is 3.48. The van der Waals surface area contributed by atoms with E-state index in [9.17, 15) is 9.59 Å². The molecular formula is C16H18N2O3. The van der Waals surface area contributed by atoms with Crippen LogP contribution in [0.4, 0.5) is 0 Å². The van der Waals surface area contributed by atoms with Crippen molar-refractivity contribution in [3.63, 3.8) is 0 Å². The first-order valence-corrected chi connectivity index (χ1v) is 6.69.